The Morgan fingerprint density at radius 2 is 1.82 bits per heavy atom. The molecule has 2 aliphatic rings. The number of hydrogen-bond acceptors (Lipinski definition) is 2. The smallest absolute Gasteiger partial charge is 0.315 e. The summed E-state index contributed by atoms with van der Waals surface area (Å²) in [6, 6.07) is 0.533. The Kier molecular flexibility index (Phi) is 4.26. The molecule has 1 saturated carbocycles. The highest BCUT2D eigenvalue weighted by molar-refractivity contribution is 5.74. The van der Waals surface area contributed by atoms with E-state index in [0.29, 0.717) is 18.6 Å². The van der Waals surface area contributed by atoms with E-state index in [9.17, 15) is 4.79 Å². The topological polar surface area (TPSA) is 50.4 Å². The lowest BCUT2D eigenvalue weighted by Crippen LogP contribution is -2.48. The second-order valence-electron chi connectivity index (χ2n) is 5.64. The van der Waals surface area contributed by atoms with Crippen LogP contribution in [-0.2, 0) is 4.74 Å². The number of ether oxygens (including phenoxy) is 1. The fraction of sp³-hybridized carbons (Fsp3) is 0.923. The number of urea groups is 1. The van der Waals surface area contributed by atoms with Crippen molar-refractivity contribution in [1.29, 1.82) is 0 Å². The van der Waals surface area contributed by atoms with E-state index >= 15 is 0 Å². The van der Waals surface area contributed by atoms with E-state index in [4.69, 9.17) is 4.74 Å². The first-order valence-corrected chi connectivity index (χ1v) is 6.80. The zero-order chi connectivity index (χ0) is 12.3. The molecule has 2 N–H and O–H groups in total. The molecule has 2 fully saturated rings. The predicted octanol–water partition coefficient (Wildman–Crippen LogP) is 1.90. The van der Waals surface area contributed by atoms with Gasteiger partial charge in [0.15, 0.2) is 0 Å². The molecule has 4 nitrogen and oxygen atoms in total. The lowest BCUT2D eigenvalue weighted by atomic mass is 9.79. The molecule has 2 amide bonds. The number of nitrogens with one attached hydrogen (secondary N) is 2. The zero-order valence-electron chi connectivity index (χ0n) is 10.9. The summed E-state index contributed by atoms with van der Waals surface area (Å²) < 4.78 is 5.24. The molecule has 0 bridgehead atoms. The largest absolute Gasteiger partial charge is 0.379 e. The summed E-state index contributed by atoms with van der Waals surface area (Å²) in [4.78, 5) is 11.8. The number of hydrogen-bond donors (Lipinski definition) is 2. The van der Waals surface area contributed by atoms with Crippen LogP contribution >= 0.6 is 0 Å². The van der Waals surface area contributed by atoms with Gasteiger partial charge in [0.1, 0.15) is 0 Å². The van der Waals surface area contributed by atoms with Crippen LogP contribution in [-0.4, -0.2) is 31.3 Å². The number of amides is 2. The van der Waals surface area contributed by atoms with E-state index in [2.05, 4.69) is 24.5 Å². The van der Waals surface area contributed by atoms with Crippen molar-refractivity contribution >= 4 is 6.03 Å². The van der Waals surface area contributed by atoms with Crippen LogP contribution in [0.15, 0.2) is 0 Å². The summed E-state index contributed by atoms with van der Waals surface area (Å²) in [5.74, 6) is 1.50. The summed E-state index contributed by atoms with van der Waals surface area (Å²) in [5, 5.41) is 6.07. The van der Waals surface area contributed by atoms with Gasteiger partial charge in [-0.25, -0.2) is 4.79 Å². The number of rotatable bonds is 2. The van der Waals surface area contributed by atoms with Crippen molar-refractivity contribution in [2.75, 3.05) is 13.2 Å². The summed E-state index contributed by atoms with van der Waals surface area (Å²) in [7, 11) is 0. The maximum absolute atomic E-state index is 11.8. The molecule has 4 atom stereocenters. The lowest BCUT2D eigenvalue weighted by Gasteiger charge is -2.32. The summed E-state index contributed by atoms with van der Waals surface area (Å²) in [6.07, 6.45) is 4.38. The quantitative estimate of drug-likeness (QED) is 0.774. The van der Waals surface area contributed by atoms with Crippen molar-refractivity contribution in [1.82, 2.24) is 10.6 Å². The standard InChI is InChI=1S/C13H24N2O2/c1-9-3-4-11(7-10(9)2)14-13(16)15-12-5-6-17-8-12/h9-12H,3-8H2,1-2H3,(H2,14,15,16). The number of carbonyl (C=O) groups is 1. The second kappa shape index (κ2) is 5.71. The maximum atomic E-state index is 11.8. The molecule has 4 unspecified atom stereocenters. The van der Waals surface area contributed by atoms with Crippen LogP contribution in [0.25, 0.3) is 0 Å². The van der Waals surface area contributed by atoms with Crippen molar-refractivity contribution in [3.05, 3.63) is 0 Å². The van der Waals surface area contributed by atoms with E-state index < -0.39 is 0 Å². The monoisotopic (exact) mass is 240 g/mol. The van der Waals surface area contributed by atoms with Gasteiger partial charge < -0.3 is 15.4 Å². The van der Waals surface area contributed by atoms with Gasteiger partial charge in [0.05, 0.1) is 12.6 Å². The molecule has 0 aromatic rings. The van der Waals surface area contributed by atoms with Gasteiger partial charge in [-0.2, -0.15) is 0 Å². The third-order valence-corrected chi connectivity index (χ3v) is 4.20. The van der Waals surface area contributed by atoms with Crippen molar-refractivity contribution in [2.24, 2.45) is 11.8 Å². The van der Waals surface area contributed by atoms with Crippen molar-refractivity contribution in [3.8, 4) is 0 Å². The Labute approximate surface area is 103 Å². The fourth-order valence-corrected chi connectivity index (χ4v) is 2.74. The molecule has 1 aliphatic heterocycles. The Hall–Kier alpha value is -0.770. The second-order valence-corrected chi connectivity index (χ2v) is 5.64. The summed E-state index contributed by atoms with van der Waals surface area (Å²) in [6.45, 7) is 6.01. The molecule has 1 aliphatic carbocycles. The SMILES string of the molecule is CC1CCC(NC(=O)NC2CCOC2)CC1C. The third kappa shape index (κ3) is 3.60. The zero-order valence-corrected chi connectivity index (χ0v) is 10.9. The molecule has 1 saturated heterocycles. The first kappa shape index (κ1) is 12.7. The van der Waals surface area contributed by atoms with E-state index in [1.807, 2.05) is 0 Å². The van der Waals surface area contributed by atoms with Gasteiger partial charge in [-0.15, -0.1) is 0 Å². The van der Waals surface area contributed by atoms with E-state index in [-0.39, 0.29) is 12.1 Å². The molecule has 4 heteroatoms. The molecule has 0 aromatic carbocycles. The van der Waals surface area contributed by atoms with E-state index in [0.717, 1.165) is 31.8 Å². The van der Waals surface area contributed by atoms with Gasteiger partial charge in [-0.1, -0.05) is 13.8 Å². The Morgan fingerprint density at radius 1 is 1.06 bits per heavy atom. The van der Waals surface area contributed by atoms with Gasteiger partial charge in [0.25, 0.3) is 0 Å². The molecule has 98 valence electrons. The lowest BCUT2D eigenvalue weighted by molar-refractivity contribution is 0.185. The molecule has 0 spiro atoms. The molecular weight excluding hydrogens is 216 g/mol. The molecule has 2 rings (SSSR count). The van der Waals surface area contributed by atoms with Gasteiger partial charge in [-0.05, 0) is 37.5 Å². The Balaban J connectivity index is 1.71. The third-order valence-electron chi connectivity index (χ3n) is 4.20. The highest BCUT2D eigenvalue weighted by atomic mass is 16.5. The molecule has 0 radical (unpaired) electrons. The van der Waals surface area contributed by atoms with Crippen LogP contribution in [0.3, 0.4) is 0 Å². The van der Waals surface area contributed by atoms with Crippen LogP contribution in [0, 0.1) is 11.8 Å². The van der Waals surface area contributed by atoms with Crippen molar-refractivity contribution in [3.63, 3.8) is 0 Å². The number of carbonyl (C=O) groups excluding carboxylic acids is 1. The minimum atomic E-state index is -0.0211. The summed E-state index contributed by atoms with van der Waals surface area (Å²) >= 11 is 0. The van der Waals surface area contributed by atoms with Crippen molar-refractivity contribution < 1.29 is 9.53 Å². The minimum Gasteiger partial charge on any atom is -0.379 e. The van der Waals surface area contributed by atoms with Gasteiger partial charge >= 0.3 is 6.03 Å². The molecule has 0 aromatic heterocycles. The maximum Gasteiger partial charge on any atom is 0.315 e. The normalized spacial score (nSPS) is 37.8. The Morgan fingerprint density at radius 3 is 2.47 bits per heavy atom. The highest BCUT2D eigenvalue weighted by Crippen LogP contribution is 2.29. The van der Waals surface area contributed by atoms with Crippen LogP contribution in [0.4, 0.5) is 4.79 Å². The van der Waals surface area contributed by atoms with Crippen molar-refractivity contribution in [2.45, 2.75) is 51.6 Å². The van der Waals surface area contributed by atoms with E-state index in [1.165, 1.54) is 6.42 Å². The van der Waals surface area contributed by atoms with Gasteiger partial charge in [0, 0.05) is 12.6 Å². The van der Waals surface area contributed by atoms with Crippen LogP contribution in [0.1, 0.15) is 39.5 Å². The average Bonchev–Trinajstić information content (AvgIpc) is 2.76. The molecule has 1 heterocycles. The van der Waals surface area contributed by atoms with Crippen LogP contribution < -0.4 is 10.6 Å². The highest BCUT2D eigenvalue weighted by Gasteiger charge is 2.26. The predicted molar refractivity (Wildman–Crippen MR) is 66.9 cm³/mol. The summed E-state index contributed by atoms with van der Waals surface area (Å²) in [5.41, 5.74) is 0. The van der Waals surface area contributed by atoms with Gasteiger partial charge in [-0.3, -0.25) is 0 Å². The van der Waals surface area contributed by atoms with Crippen LogP contribution in [0.2, 0.25) is 0 Å². The molecule has 17 heavy (non-hydrogen) atoms. The molecular formula is C13H24N2O2. The Bertz CT molecular complexity index is 264. The van der Waals surface area contributed by atoms with Crippen LogP contribution in [0.5, 0.6) is 0 Å². The first-order valence-electron chi connectivity index (χ1n) is 6.80. The van der Waals surface area contributed by atoms with E-state index in [1.54, 1.807) is 0 Å². The fourth-order valence-electron chi connectivity index (χ4n) is 2.74. The van der Waals surface area contributed by atoms with Gasteiger partial charge in [0.2, 0.25) is 0 Å². The first-order chi connectivity index (χ1) is 8.15. The average molecular weight is 240 g/mol. The minimum absolute atomic E-state index is 0.0211.